The lowest BCUT2D eigenvalue weighted by Gasteiger charge is -2.07. The van der Waals surface area contributed by atoms with Gasteiger partial charge in [-0.2, -0.15) is 4.98 Å². The summed E-state index contributed by atoms with van der Waals surface area (Å²) in [5.74, 6) is 1.20. The summed E-state index contributed by atoms with van der Waals surface area (Å²) in [6.45, 7) is 2.73. The molecule has 0 atom stereocenters. The molecule has 0 amide bonds. The lowest BCUT2D eigenvalue weighted by Crippen LogP contribution is -2.09. The average molecular weight is 243 g/mol. The number of benzene rings is 1. The van der Waals surface area contributed by atoms with Crippen molar-refractivity contribution in [2.24, 2.45) is 0 Å². The van der Waals surface area contributed by atoms with E-state index < -0.39 is 0 Å². The summed E-state index contributed by atoms with van der Waals surface area (Å²) in [4.78, 5) is 8.55. The van der Waals surface area contributed by atoms with Crippen molar-refractivity contribution in [1.29, 1.82) is 0 Å². The Hall–Kier alpha value is -2.10. The standard InChI is InChI=1S/C14H17N3O/c1-11-10-13(18-2)17-14(16-11)15-9-8-12-6-4-3-5-7-12/h3-7,10H,8-9H2,1-2H3,(H,15,16,17). The summed E-state index contributed by atoms with van der Waals surface area (Å²) >= 11 is 0. The molecular weight excluding hydrogens is 226 g/mol. The van der Waals surface area contributed by atoms with E-state index in [-0.39, 0.29) is 0 Å². The van der Waals surface area contributed by atoms with Crippen LogP contribution in [-0.2, 0) is 6.42 Å². The van der Waals surface area contributed by atoms with Gasteiger partial charge in [0.25, 0.3) is 0 Å². The van der Waals surface area contributed by atoms with E-state index in [2.05, 4.69) is 27.4 Å². The van der Waals surface area contributed by atoms with Gasteiger partial charge in [-0.25, -0.2) is 4.98 Å². The minimum Gasteiger partial charge on any atom is -0.481 e. The molecule has 0 radical (unpaired) electrons. The van der Waals surface area contributed by atoms with Gasteiger partial charge >= 0.3 is 0 Å². The molecule has 0 spiro atoms. The SMILES string of the molecule is COc1cc(C)nc(NCCc2ccccc2)n1. The van der Waals surface area contributed by atoms with Crippen LogP contribution in [0.25, 0.3) is 0 Å². The van der Waals surface area contributed by atoms with Gasteiger partial charge in [0.2, 0.25) is 11.8 Å². The number of aromatic nitrogens is 2. The van der Waals surface area contributed by atoms with Crippen molar-refractivity contribution >= 4 is 5.95 Å². The van der Waals surface area contributed by atoms with Crippen LogP contribution in [0.4, 0.5) is 5.95 Å². The summed E-state index contributed by atoms with van der Waals surface area (Å²) in [5, 5.41) is 3.21. The topological polar surface area (TPSA) is 47.0 Å². The van der Waals surface area contributed by atoms with E-state index in [4.69, 9.17) is 4.74 Å². The minimum atomic E-state index is 0.588. The summed E-state index contributed by atoms with van der Waals surface area (Å²) in [6, 6.07) is 12.1. The van der Waals surface area contributed by atoms with Crippen molar-refractivity contribution in [2.45, 2.75) is 13.3 Å². The molecule has 0 bridgehead atoms. The summed E-state index contributed by atoms with van der Waals surface area (Å²) in [6.07, 6.45) is 0.945. The molecule has 4 heteroatoms. The van der Waals surface area contributed by atoms with Gasteiger partial charge in [0.1, 0.15) is 0 Å². The average Bonchev–Trinajstić information content (AvgIpc) is 2.39. The number of methoxy groups -OCH3 is 1. The van der Waals surface area contributed by atoms with Crippen molar-refractivity contribution < 1.29 is 4.74 Å². The first-order valence-corrected chi connectivity index (χ1v) is 5.95. The molecule has 4 nitrogen and oxygen atoms in total. The maximum absolute atomic E-state index is 5.11. The number of nitrogens with zero attached hydrogens (tertiary/aromatic N) is 2. The third-order valence-electron chi connectivity index (χ3n) is 2.58. The summed E-state index contributed by atoms with van der Waals surface area (Å²) < 4.78 is 5.11. The van der Waals surface area contributed by atoms with Crippen LogP contribution in [-0.4, -0.2) is 23.6 Å². The summed E-state index contributed by atoms with van der Waals surface area (Å²) in [7, 11) is 1.61. The molecule has 0 aliphatic rings. The Labute approximate surface area is 107 Å². The quantitative estimate of drug-likeness (QED) is 0.876. The van der Waals surface area contributed by atoms with E-state index in [1.165, 1.54) is 5.56 Å². The highest BCUT2D eigenvalue weighted by Crippen LogP contribution is 2.11. The number of hydrogen-bond acceptors (Lipinski definition) is 4. The Morgan fingerprint density at radius 1 is 1.17 bits per heavy atom. The third-order valence-corrected chi connectivity index (χ3v) is 2.58. The zero-order valence-corrected chi connectivity index (χ0v) is 10.7. The molecule has 0 aliphatic carbocycles. The van der Waals surface area contributed by atoms with E-state index in [9.17, 15) is 0 Å². The molecule has 2 aromatic rings. The number of rotatable bonds is 5. The lowest BCUT2D eigenvalue weighted by molar-refractivity contribution is 0.397. The first kappa shape index (κ1) is 12.4. The van der Waals surface area contributed by atoms with Crippen LogP contribution in [0.3, 0.4) is 0 Å². The smallest absolute Gasteiger partial charge is 0.226 e. The largest absolute Gasteiger partial charge is 0.481 e. The zero-order valence-electron chi connectivity index (χ0n) is 10.7. The molecule has 0 saturated heterocycles. The molecule has 0 unspecified atom stereocenters. The van der Waals surface area contributed by atoms with E-state index >= 15 is 0 Å². The van der Waals surface area contributed by atoms with Crippen molar-refractivity contribution in [3.8, 4) is 5.88 Å². The fraction of sp³-hybridized carbons (Fsp3) is 0.286. The predicted octanol–water partition coefficient (Wildman–Crippen LogP) is 2.45. The first-order valence-electron chi connectivity index (χ1n) is 5.95. The summed E-state index contributed by atoms with van der Waals surface area (Å²) in [5.41, 5.74) is 2.19. The number of hydrogen-bond donors (Lipinski definition) is 1. The molecule has 0 saturated carbocycles. The highest BCUT2D eigenvalue weighted by atomic mass is 16.5. The number of ether oxygens (including phenoxy) is 1. The lowest BCUT2D eigenvalue weighted by atomic mass is 10.1. The second-order valence-corrected chi connectivity index (χ2v) is 4.04. The Kier molecular flexibility index (Phi) is 4.12. The van der Waals surface area contributed by atoms with Crippen molar-refractivity contribution in [3.05, 3.63) is 47.7 Å². The molecule has 18 heavy (non-hydrogen) atoms. The van der Waals surface area contributed by atoms with Crippen molar-refractivity contribution in [1.82, 2.24) is 9.97 Å². The van der Waals surface area contributed by atoms with Crippen LogP contribution in [0, 0.1) is 6.92 Å². The van der Waals surface area contributed by atoms with E-state index in [1.807, 2.05) is 31.2 Å². The molecule has 1 aromatic heterocycles. The molecule has 1 heterocycles. The second-order valence-electron chi connectivity index (χ2n) is 4.04. The Morgan fingerprint density at radius 3 is 2.67 bits per heavy atom. The Balaban J connectivity index is 1.92. The zero-order chi connectivity index (χ0) is 12.8. The van der Waals surface area contributed by atoms with Crippen molar-refractivity contribution in [3.63, 3.8) is 0 Å². The molecule has 0 aliphatic heterocycles. The fourth-order valence-corrected chi connectivity index (χ4v) is 1.69. The highest BCUT2D eigenvalue weighted by Gasteiger charge is 2.01. The Morgan fingerprint density at radius 2 is 1.94 bits per heavy atom. The van der Waals surface area contributed by atoms with Gasteiger partial charge in [0.05, 0.1) is 7.11 Å². The molecule has 94 valence electrons. The van der Waals surface area contributed by atoms with Crippen LogP contribution < -0.4 is 10.1 Å². The number of nitrogens with one attached hydrogen (secondary N) is 1. The minimum absolute atomic E-state index is 0.588. The van der Waals surface area contributed by atoms with Crippen LogP contribution in [0.2, 0.25) is 0 Å². The molecular formula is C14H17N3O. The molecule has 1 N–H and O–H groups in total. The van der Waals surface area contributed by atoms with Gasteiger partial charge in [0.15, 0.2) is 0 Å². The van der Waals surface area contributed by atoms with Gasteiger partial charge in [-0.15, -0.1) is 0 Å². The van der Waals surface area contributed by atoms with Gasteiger partial charge in [-0.1, -0.05) is 30.3 Å². The first-order chi connectivity index (χ1) is 8.78. The monoisotopic (exact) mass is 243 g/mol. The van der Waals surface area contributed by atoms with Gasteiger partial charge in [0, 0.05) is 18.3 Å². The second kappa shape index (κ2) is 6.00. The highest BCUT2D eigenvalue weighted by molar-refractivity contribution is 5.31. The van der Waals surface area contributed by atoms with Crippen molar-refractivity contribution in [2.75, 3.05) is 19.0 Å². The normalized spacial score (nSPS) is 10.1. The number of anilines is 1. The fourth-order valence-electron chi connectivity index (χ4n) is 1.69. The van der Waals surface area contributed by atoms with E-state index in [0.717, 1.165) is 18.7 Å². The maximum atomic E-state index is 5.11. The van der Waals surface area contributed by atoms with E-state index in [0.29, 0.717) is 11.8 Å². The van der Waals surface area contributed by atoms with Crippen LogP contribution in [0.15, 0.2) is 36.4 Å². The van der Waals surface area contributed by atoms with Gasteiger partial charge < -0.3 is 10.1 Å². The molecule has 2 rings (SSSR count). The van der Waals surface area contributed by atoms with E-state index in [1.54, 1.807) is 7.11 Å². The maximum Gasteiger partial charge on any atom is 0.226 e. The van der Waals surface area contributed by atoms with Crippen LogP contribution >= 0.6 is 0 Å². The Bertz CT molecular complexity index is 500. The molecule has 0 fully saturated rings. The third kappa shape index (κ3) is 3.45. The van der Waals surface area contributed by atoms with Gasteiger partial charge in [-0.05, 0) is 18.9 Å². The molecule has 1 aromatic carbocycles. The van der Waals surface area contributed by atoms with Gasteiger partial charge in [-0.3, -0.25) is 0 Å². The van der Waals surface area contributed by atoms with Crippen LogP contribution in [0.5, 0.6) is 5.88 Å². The van der Waals surface area contributed by atoms with Crippen LogP contribution in [0.1, 0.15) is 11.3 Å². The predicted molar refractivity (Wildman–Crippen MR) is 72.0 cm³/mol. The number of aryl methyl sites for hydroxylation is 1.